The smallest absolute Gasteiger partial charge is 0.188 e. The first-order valence-corrected chi connectivity index (χ1v) is 30.2. The molecule has 6 aromatic heterocycles. The molecule has 0 radical (unpaired) electrons. The van der Waals surface area contributed by atoms with Crippen LogP contribution in [0.1, 0.15) is 11.1 Å². The number of hydrogen-bond donors (Lipinski definition) is 0. The summed E-state index contributed by atoms with van der Waals surface area (Å²) >= 11 is 0. The van der Waals surface area contributed by atoms with E-state index in [0.717, 1.165) is 156 Å². The van der Waals surface area contributed by atoms with Crippen LogP contribution in [0, 0.1) is 24.8 Å². The van der Waals surface area contributed by atoms with Gasteiger partial charge < -0.3 is 9.13 Å². The van der Waals surface area contributed by atoms with Gasteiger partial charge in [-0.05, 0) is 101 Å². The lowest BCUT2D eigenvalue weighted by atomic mass is 9.96. The molecule has 8 heteroatoms. The van der Waals surface area contributed by atoms with Crippen molar-refractivity contribution < 1.29 is 0 Å². The van der Waals surface area contributed by atoms with Crippen LogP contribution in [0.4, 0.5) is 5.69 Å². The van der Waals surface area contributed by atoms with Crippen LogP contribution in [0.2, 0.25) is 0 Å². The molecule has 8 nitrogen and oxygen atoms in total. The molecular weight excluding hydrogens is 1110 g/mol. The lowest BCUT2D eigenvalue weighted by Crippen LogP contribution is -2.04. The SMILES string of the molecule is [C-]#[N+]c1cc(C)cc(-c2cc(-n3c4cc(-c5cccnc5-c5ccccc5)ccc4c4ccc(-c5cccnc5-c5ccccc5)cc43)c(C#N)cc2-n2c3cc(-c4cccnc4-c4ccccc4)ccc3c3ccc(-c4cccnc4-c4ccccc4)cc32)c1. The molecular formula is C83H52N8. The molecule has 0 aliphatic rings. The zero-order valence-corrected chi connectivity index (χ0v) is 49.4. The molecule has 0 unspecified atom stereocenters. The van der Waals surface area contributed by atoms with E-state index < -0.39 is 0 Å². The number of nitriles is 1. The maximum atomic E-state index is 12.1. The van der Waals surface area contributed by atoms with Gasteiger partial charge >= 0.3 is 0 Å². The quantitative estimate of drug-likeness (QED) is 0.120. The molecule has 0 N–H and O–H groups in total. The Labute approximate surface area is 526 Å². The van der Waals surface area contributed by atoms with Crippen LogP contribution in [-0.4, -0.2) is 29.1 Å². The second-order valence-corrected chi connectivity index (χ2v) is 22.8. The Morgan fingerprint density at radius 3 is 0.989 bits per heavy atom. The Balaban J connectivity index is 1.01. The van der Waals surface area contributed by atoms with Crippen molar-refractivity contribution in [3.05, 3.63) is 320 Å². The highest BCUT2D eigenvalue weighted by Crippen LogP contribution is 2.46. The lowest BCUT2D eigenvalue weighted by Gasteiger charge is -2.20. The number of hydrogen-bond acceptors (Lipinski definition) is 5. The van der Waals surface area contributed by atoms with Gasteiger partial charge in [-0.25, -0.2) is 4.85 Å². The first kappa shape index (κ1) is 53.8. The van der Waals surface area contributed by atoms with E-state index in [1.807, 2.05) is 141 Å². The third-order valence-electron chi connectivity index (χ3n) is 17.4. The minimum atomic E-state index is 0.448. The average molecular weight is 1160 g/mol. The molecule has 0 saturated heterocycles. The summed E-state index contributed by atoms with van der Waals surface area (Å²) in [6, 6.07) is 97.4. The second-order valence-electron chi connectivity index (χ2n) is 22.8. The molecule has 10 aromatic carbocycles. The first-order chi connectivity index (χ1) is 45.0. The monoisotopic (exact) mass is 1160 g/mol. The molecule has 91 heavy (non-hydrogen) atoms. The Morgan fingerprint density at radius 2 is 0.659 bits per heavy atom. The number of aromatic nitrogens is 6. The normalized spacial score (nSPS) is 11.3. The van der Waals surface area contributed by atoms with E-state index in [1.54, 1.807) is 0 Å². The molecule has 0 fully saturated rings. The summed E-state index contributed by atoms with van der Waals surface area (Å²) in [5.41, 5.74) is 24.1. The Morgan fingerprint density at radius 1 is 0.319 bits per heavy atom. The summed E-state index contributed by atoms with van der Waals surface area (Å²) in [4.78, 5) is 24.0. The molecule has 0 saturated carbocycles. The van der Waals surface area contributed by atoms with Crippen LogP contribution in [0.25, 0.3) is 160 Å². The molecule has 6 heterocycles. The van der Waals surface area contributed by atoms with Crippen LogP contribution in [0.15, 0.2) is 298 Å². The van der Waals surface area contributed by atoms with Gasteiger partial charge in [-0.3, -0.25) is 19.9 Å². The Kier molecular flexibility index (Phi) is 13.4. The summed E-state index contributed by atoms with van der Waals surface area (Å²) in [5.74, 6) is 0. The fraction of sp³-hybridized carbons (Fsp3) is 0.0120. The van der Waals surface area contributed by atoms with Crippen LogP contribution in [0.3, 0.4) is 0 Å². The van der Waals surface area contributed by atoms with Crippen molar-refractivity contribution in [2.45, 2.75) is 6.92 Å². The molecule has 16 aromatic rings. The molecule has 0 bridgehead atoms. The van der Waals surface area contributed by atoms with Gasteiger partial charge in [-0.2, -0.15) is 5.26 Å². The summed E-state index contributed by atoms with van der Waals surface area (Å²) in [6.07, 6.45) is 7.39. The summed E-state index contributed by atoms with van der Waals surface area (Å²) in [6.45, 7) is 10.5. The summed E-state index contributed by atoms with van der Waals surface area (Å²) < 4.78 is 4.60. The third-order valence-corrected chi connectivity index (χ3v) is 17.4. The molecule has 16 rings (SSSR count). The van der Waals surface area contributed by atoms with Crippen molar-refractivity contribution in [2.75, 3.05) is 0 Å². The average Bonchev–Trinajstić information content (AvgIpc) is 1.78. The van der Waals surface area contributed by atoms with E-state index in [1.165, 1.54) is 0 Å². The van der Waals surface area contributed by atoms with Crippen LogP contribution >= 0.6 is 0 Å². The fourth-order valence-corrected chi connectivity index (χ4v) is 13.3. The van der Waals surface area contributed by atoms with Gasteiger partial charge in [0.1, 0.15) is 6.07 Å². The zero-order chi connectivity index (χ0) is 60.9. The molecule has 0 aliphatic heterocycles. The van der Waals surface area contributed by atoms with Crippen LogP contribution in [0.5, 0.6) is 0 Å². The predicted octanol–water partition coefficient (Wildman–Crippen LogP) is 21.2. The molecule has 0 aliphatic carbocycles. The lowest BCUT2D eigenvalue weighted by molar-refractivity contribution is 1.14. The number of benzene rings is 10. The van der Waals surface area contributed by atoms with E-state index in [9.17, 15) is 5.26 Å². The molecule has 0 atom stereocenters. The third kappa shape index (κ3) is 9.48. The van der Waals surface area contributed by atoms with Crippen molar-refractivity contribution in [1.29, 1.82) is 5.26 Å². The number of aryl methyl sites for hydroxylation is 1. The van der Waals surface area contributed by atoms with Crippen molar-refractivity contribution in [3.63, 3.8) is 0 Å². The van der Waals surface area contributed by atoms with E-state index in [-0.39, 0.29) is 0 Å². The van der Waals surface area contributed by atoms with E-state index in [0.29, 0.717) is 16.9 Å². The number of nitrogens with zero attached hydrogens (tertiary/aromatic N) is 8. The highest BCUT2D eigenvalue weighted by Gasteiger charge is 2.25. The number of rotatable bonds is 11. The minimum Gasteiger partial charge on any atom is -0.309 e. The fourth-order valence-electron chi connectivity index (χ4n) is 13.3. The zero-order valence-electron chi connectivity index (χ0n) is 49.4. The summed E-state index contributed by atoms with van der Waals surface area (Å²) in [7, 11) is 0. The van der Waals surface area contributed by atoms with E-state index in [4.69, 9.17) is 26.5 Å². The Hall–Kier alpha value is -12.6. The van der Waals surface area contributed by atoms with Gasteiger partial charge in [0.05, 0.1) is 68.4 Å². The second kappa shape index (κ2) is 22.6. The van der Waals surface area contributed by atoms with Crippen molar-refractivity contribution in [3.8, 4) is 118 Å². The Bertz CT molecular complexity index is 5340. The standard InChI is InChI=1S/C83H52N8/c1-53-43-62(45-64(44-53)85-2)73-51-74(90-75-46-58(65-27-15-39-86-80(65)54-19-7-3-8-20-54)31-35-69(75)70-36-32-59(47-76(70)90)66-28-16-40-87-81(66)55-21-9-4-10-22-55)63(52-84)50-79(73)91-77-48-60(67-29-17-41-88-82(67)56-23-11-5-12-24-56)33-37-71(77)72-38-34-61(49-78(72)91)68-30-18-42-89-83(68)57-25-13-6-14-26-57/h3-51H,1H3. The maximum absolute atomic E-state index is 12.1. The van der Waals surface area contributed by atoms with Gasteiger partial charge in [0.15, 0.2) is 5.69 Å². The van der Waals surface area contributed by atoms with Gasteiger partial charge in [0.2, 0.25) is 0 Å². The van der Waals surface area contributed by atoms with Gasteiger partial charge in [-0.15, -0.1) is 0 Å². The predicted molar refractivity (Wildman–Crippen MR) is 371 cm³/mol. The van der Waals surface area contributed by atoms with Crippen LogP contribution in [-0.2, 0) is 0 Å². The minimum absolute atomic E-state index is 0.448. The number of pyridine rings is 4. The summed E-state index contributed by atoms with van der Waals surface area (Å²) in [5, 5.41) is 16.2. The van der Waals surface area contributed by atoms with Crippen LogP contribution < -0.4 is 0 Å². The van der Waals surface area contributed by atoms with E-state index >= 15 is 0 Å². The molecule has 0 amide bonds. The van der Waals surface area contributed by atoms with Crippen molar-refractivity contribution >= 4 is 49.3 Å². The number of fused-ring (bicyclic) bond motifs is 6. The van der Waals surface area contributed by atoms with Crippen molar-refractivity contribution in [1.82, 2.24) is 29.1 Å². The highest BCUT2D eigenvalue weighted by molar-refractivity contribution is 6.14. The van der Waals surface area contributed by atoms with Gasteiger partial charge in [-0.1, -0.05) is 212 Å². The van der Waals surface area contributed by atoms with Gasteiger partial charge in [0.25, 0.3) is 0 Å². The maximum Gasteiger partial charge on any atom is 0.188 e. The van der Waals surface area contributed by atoms with E-state index in [2.05, 4.69) is 184 Å². The topological polar surface area (TPSA) is 89.6 Å². The molecule has 0 spiro atoms. The van der Waals surface area contributed by atoms with Crippen molar-refractivity contribution in [2.24, 2.45) is 0 Å². The molecule has 424 valence electrons. The van der Waals surface area contributed by atoms with Gasteiger partial charge in [0, 0.05) is 96.4 Å². The highest BCUT2D eigenvalue weighted by atomic mass is 15.0. The largest absolute Gasteiger partial charge is 0.309 e. The first-order valence-electron chi connectivity index (χ1n) is 30.2.